The number of alkyl carbamates (subject to hydrolysis) is 1. The van der Waals surface area contributed by atoms with Crippen LogP contribution in [0.3, 0.4) is 0 Å². The average Bonchev–Trinajstić information content (AvgIpc) is 3.65. The Hall–Kier alpha value is -2.68. The third-order valence-corrected chi connectivity index (χ3v) is 8.91. The zero-order valence-electron chi connectivity index (χ0n) is 18.1. The molecule has 3 saturated carbocycles. The third-order valence-electron chi connectivity index (χ3n) is 6.64. The number of hydrogen-bond donors (Lipinski definition) is 2. The first-order valence-electron chi connectivity index (χ1n) is 11.2. The molecule has 0 spiro atoms. The molecule has 2 aromatic rings. The quantitative estimate of drug-likeness (QED) is 0.619. The molecule has 32 heavy (non-hydrogen) atoms. The molecule has 1 aromatic carbocycles. The minimum absolute atomic E-state index is 0.0529. The van der Waals surface area contributed by atoms with Crippen LogP contribution >= 0.6 is 0 Å². The summed E-state index contributed by atoms with van der Waals surface area (Å²) in [5, 5.41) is 5.81. The molecule has 9 heteroatoms. The molecule has 0 aliphatic heterocycles. The van der Waals surface area contributed by atoms with Gasteiger partial charge in [0.2, 0.25) is 5.95 Å². The van der Waals surface area contributed by atoms with Gasteiger partial charge in [-0.15, -0.1) is 0 Å². The second-order valence-electron chi connectivity index (χ2n) is 9.55. The van der Waals surface area contributed by atoms with Crippen LogP contribution < -0.4 is 10.6 Å². The van der Waals surface area contributed by atoms with Crippen LogP contribution in [0.2, 0.25) is 0 Å². The van der Waals surface area contributed by atoms with Gasteiger partial charge in [-0.2, -0.15) is 0 Å². The summed E-state index contributed by atoms with van der Waals surface area (Å²) in [7, 11) is -3.18. The fourth-order valence-electron chi connectivity index (χ4n) is 3.97. The largest absolute Gasteiger partial charge is 0.449 e. The lowest BCUT2D eigenvalue weighted by Crippen LogP contribution is -2.36. The molecular weight excluding hydrogens is 428 g/mol. The predicted molar refractivity (Wildman–Crippen MR) is 120 cm³/mol. The van der Waals surface area contributed by atoms with Gasteiger partial charge >= 0.3 is 6.09 Å². The fraction of sp³-hybridized carbons (Fsp3) is 0.522. The summed E-state index contributed by atoms with van der Waals surface area (Å²) in [6.45, 7) is 2.48. The number of ether oxygens (including phenoxy) is 1. The molecule has 3 aliphatic rings. The molecule has 3 fully saturated rings. The van der Waals surface area contributed by atoms with E-state index in [1.165, 1.54) is 0 Å². The van der Waals surface area contributed by atoms with Crippen LogP contribution in [0.5, 0.6) is 0 Å². The lowest BCUT2D eigenvalue weighted by atomic mass is 9.72. The highest BCUT2D eigenvalue weighted by Gasteiger charge is 2.40. The first-order chi connectivity index (χ1) is 15.3. The molecule has 1 aromatic heterocycles. The number of amides is 1. The van der Waals surface area contributed by atoms with E-state index in [1.807, 2.05) is 19.3 Å². The Balaban J connectivity index is 1.08. The van der Waals surface area contributed by atoms with Crippen molar-refractivity contribution in [3.05, 3.63) is 42.2 Å². The number of hydrogen-bond acceptors (Lipinski definition) is 7. The summed E-state index contributed by atoms with van der Waals surface area (Å²) >= 11 is 0. The van der Waals surface area contributed by atoms with Gasteiger partial charge in [-0.05, 0) is 87.1 Å². The van der Waals surface area contributed by atoms with Crippen molar-refractivity contribution in [2.75, 3.05) is 11.9 Å². The van der Waals surface area contributed by atoms with Gasteiger partial charge in [0.15, 0.2) is 9.84 Å². The fourth-order valence-corrected chi connectivity index (χ4v) is 5.63. The Morgan fingerprint density at radius 3 is 2.38 bits per heavy atom. The molecule has 0 bridgehead atoms. The van der Waals surface area contributed by atoms with E-state index in [9.17, 15) is 13.2 Å². The van der Waals surface area contributed by atoms with Crippen molar-refractivity contribution in [1.82, 2.24) is 15.3 Å². The van der Waals surface area contributed by atoms with E-state index in [2.05, 4.69) is 20.6 Å². The lowest BCUT2D eigenvalue weighted by molar-refractivity contribution is 0.0918. The zero-order valence-corrected chi connectivity index (χ0v) is 18.9. The monoisotopic (exact) mass is 456 g/mol. The van der Waals surface area contributed by atoms with Crippen molar-refractivity contribution in [3.8, 4) is 0 Å². The van der Waals surface area contributed by atoms with E-state index >= 15 is 0 Å². The van der Waals surface area contributed by atoms with E-state index in [0.29, 0.717) is 29.3 Å². The van der Waals surface area contributed by atoms with E-state index in [0.717, 1.165) is 49.8 Å². The number of rotatable bonds is 8. The van der Waals surface area contributed by atoms with Gasteiger partial charge < -0.3 is 15.4 Å². The molecule has 2 N–H and O–H groups in total. The summed E-state index contributed by atoms with van der Waals surface area (Å²) in [5.74, 6) is 1.23. The van der Waals surface area contributed by atoms with Crippen LogP contribution in [-0.4, -0.2) is 41.9 Å². The number of sulfone groups is 1. The summed E-state index contributed by atoms with van der Waals surface area (Å²) in [5.41, 5.74) is 1.77. The maximum atomic E-state index is 12.3. The van der Waals surface area contributed by atoms with Gasteiger partial charge in [0.1, 0.15) is 0 Å². The van der Waals surface area contributed by atoms with Crippen molar-refractivity contribution in [1.29, 1.82) is 0 Å². The van der Waals surface area contributed by atoms with Crippen molar-refractivity contribution >= 4 is 27.6 Å². The number of nitrogens with one attached hydrogen (secondary N) is 2. The third kappa shape index (κ3) is 4.72. The maximum Gasteiger partial charge on any atom is 0.407 e. The van der Waals surface area contributed by atoms with Gasteiger partial charge in [-0.3, -0.25) is 0 Å². The minimum atomic E-state index is -3.18. The Kier molecular flexibility index (Phi) is 5.31. The van der Waals surface area contributed by atoms with Crippen LogP contribution in [0, 0.1) is 5.92 Å². The Morgan fingerprint density at radius 1 is 1.12 bits per heavy atom. The van der Waals surface area contributed by atoms with Crippen molar-refractivity contribution in [2.45, 2.75) is 67.1 Å². The Bertz CT molecular complexity index is 1090. The highest BCUT2D eigenvalue weighted by Crippen LogP contribution is 2.41. The molecule has 1 heterocycles. The van der Waals surface area contributed by atoms with Gasteiger partial charge in [0.25, 0.3) is 0 Å². The highest BCUT2D eigenvalue weighted by molar-refractivity contribution is 7.92. The second kappa shape index (κ2) is 8.03. The molecule has 170 valence electrons. The van der Waals surface area contributed by atoms with Crippen LogP contribution in [0.25, 0.3) is 0 Å². The zero-order chi connectivity index (χ0) is 22.3. The molecule has 0 radical (unpaired) electrons. The maximum absolute atomic E-state index is 12.3. The molecule has 0 atom stereocenters. The van der Waals surface area contributed by atoms with Crippen LogP contribution in [-0.2, 0) is 14.6 Å². The summed E-state index contributed by atoms with van der Waals surface area (Å²) < 4.78 is 29.9. The summed E-state index contributed by atoms with van der Waals surface area (Å²) in [4.78, 5) is 21.0. The van der Waals surface area contributed by atoms with Crippen molar-refractivity contribution in [2.24, 2.45) is 5.92 Å². The number of carbonyl (C=O) groups excluding carboxylic acids is 1. The van der Waals surface area contributed by atoms with Crippen LogP contribution in [0.15, 0.2) is 41.6 Å². The molecule has 0 unspecified atom stereocenters. The number of nitrogens with zero attached hydrogens (tertiary/aromatic N) is 2. The summed E-state index contributed by atoms with van der Waals surface area (Å²) in [6, 6.07) is 6.74. The van der Waals surface area contributed by atoms with E-state index < -0.39 is 9.84 Å². The smallest absolute Gasteiger partial charge is 0.407 e. The van der Waals surface area contributed by atoms with Gasteiger partial charge in [-0.1, -0.05) is 0 Å². The van der Waals surface area contributed by atoms with Gasteiger partial charge in [-0.25, -0.2) is 23.2 Å². The van der Waals surface area contributed by atoms with E-state index in [1.54, 1.807) is 24.3 Å². The molecule has 8 nitrogen and oxygen atoms in total. The number of aromatic nitrogens is 2. The lowest BCUT2D eigenvalue weighted by Gasteiger charge is -2.34. The molecular formula is C23H28N4O4S. The van der Waals surface area contributed by atoms with Crippen LogP contribution in [0.4, 0.5) is 16.4 Å². The second-order valence-corrected chi connectivity index (χ2v) is 11.8. The van der Waals surface area contributed by atoms with Crippen LogP contribution in [0.1, 0.15) is 56.9 Å². The number of carbonyl (C=O) groups is 1. The van der Waals surface area contributed by atoms with Gasteiger partial charge in [0, 0.05) is 23.6 Å². The first kappa shape index (κ1) is 21.2. The van der Waals surface area contributed by atoms with E-state index in [4.69, 9.17) is 4.74 Å². The molecule has 5 rings (SSSR count). The Morgan fingerprint density at radius 2 is 1.78 bits per heavy atom. The Labute approximate surface area is 188 Å². The normalized spacial score (nSPS) is 23.7. The SMILES string of the molecule is CC1(NC(=O)OCC2CC(c3cnc(Nc4ccc(S(=O)(=O)C5CC5)cc4)nc3)C2)CC1. The molecule has 3 aliphatic carbocycles. The van der Waals surface area contributed by atoms with Crippen molar-refractivity contribution < 1.29 is 17.9 Å². The number of benzene rings is 1. The molecule has 0 saturated heterocycles. The molecule has 1 amide bonds. The first-order valence-corrected chi connectivity index (χ1v) is 12.7. The topological polar surface area (TPSA) is 110 Å². The highest BCUT2D eigenvalue weighted by atomic mass is 32.2. The summed E-state index contributed by atoms with van der Waals surface area (Å²) in [6.07, 6.45) is 8.80. The van der Waals surface area contributed by atoms with E-state index in [-0.39, 0.29) is 16.9 Å². The van der Waals surface area contributed by atoms with Gasteiger partial charge in [0.05, 0.1) is 16.8 Å². The number of anilines is 2. The predicted octanol–water partition coefficient (Wildman–Crippen LogP) is 3.93. The standard InChI is InChI=1S/C23H28N4O4S/c1-23(8-9-23)27-22(28)31-14-15-10-16(11-15)17-12-24-21(25-13-17)26-18-2-4-19(5-3-18)32(29,30)20-6-7-20/h2-5,12-13,15-16,20H,6-11,14H2,1H3,(H,27,28)(H,24,25,26). The average molecular weight is 457 g/mol. The minimum Gasteiger partial charge on any atom is -0.449 e. The van der Waals surface area contributed by atoms with Crippen molar-refractivity contribution in [3.63, 3.8) is 0 Å².